The van der Waals surface area contributed by atoms with Crippen molar-refractivity contribution >= 4 is 0 Å². The van der Waals surface area contributed by atoms with Crippen LogP contribution in [0, 0.1) is 5.92 Å². The first-order valence-corrected chi connectivity index (χ1v) is 6.21. The predicted octanol–water partition coefficient (Wildman–Crippen LogP) is 2.63. The molecule has 0 aromatic heterocycles. The van der Waals surface area contributed by atoms with Gasteiger partial charge in [0, 0.05) is 0 Å². The van der Waals surface area contributed by atoms with Crippen LogP contribution in [0.15, 0.2) is 18.2 Å². The Labute approximate surface area is 96.8 Å². The lowest BCUT2D eigenvalue weighted by atomic mass is 9.96. The van der Waals surface area contributed by atoms with Gasteiger partial charge in [0.05, 0.1) is 7.11 Å². The summed E-state index contributed by atoms with van der Waals surface area (Å²) in [6, 6.07) is 6.51. The van der Waals surface area contributed by atoms with Gasteiger partial charge in [-0.25, -0.2) is 0 Å². The van der Waals surface area contributed by atoms with E-state index in [2.05, 4.69) is 18.2 Å². The van der Waals surface area contributed by atoms with Gasteiger partial charge in [-0.05, 0) is 66.8 Å². The summed E-state index contributed by atoms with van der Waals surface area (Å²) < 4.78 is 5.33. The highest BCUT2D eigenvalue weighted by molar-refractivity contribution is 5.44. The molecule has 2 N–H and O–H groups in total. The molecule has 2 aliphatic carbocycles. The van der Waals surface area contributed by atoms with Crippen molar-refractivity contribution in [1.29, 1.82) is 0 Å². The van der Waals surface area contributed by atoms with Gasteiger partial charge in [0.25, 0.3) is 0 Å². The van der Waals surface area contributed by atoms with E-state index in [1.54, 1.807) is 7.11 Å². The topological polar surface area (TPSA) is 35.2 Å². The molecule has 3 rings (SSSR count). The Kier molecular flexibility index (Phi) is 2.40. The zero-order valence-electron chi connectivity index (χ0n) is 9.78. The SMILES string of the molecule is COc1ccc2c(c1)C(C1CC1)CC2CN. The fourth-order valence-corrected chi connectivity index (χ4v) is 3.10. The highest BCUT2D eigenvalue weighted by Crippen LogP contribution is 2.53. The van der Waals surface area contributed by atoms with E-state index < -0.39 is 0 Å². The quantitative estimate of drug-likeness (QED) is 0.844. The van der Waals surface area contributed by atoms with Gasteiger partial charge in [-0.15, -0.1) is 0 Å². The van der Waals surface area contributed by atoms with Crippen LogP contribution >= 0.6 is 0 Å². The van der Waals surface area contributed by atoms with Gasteiger partial charge < -0.3 is 10.5 Å². The molecule has 2 aliphatic rings. The molecule has 1 fully saturated rings. The summed E-state index contributed by atoms with van der Waals surface area (Å²) in [5, 5.41) is 0. The summed E-state index contributed by atoms with van der Waals surface area (Å²) in [7, 11) is 1.74. The van der Waals surface area contributed by atoms with Crippen LogP contribution in [-0.4, -0.2) is 13.7 Å². The molecule has 0 heterocycles. The summed E-state index contributed by atoms with van der Waals surface area (Å²) in [6.07, 6.45) is 4.06. The van der Waals surface area contributed by atoms with Crippen molar-refractivity contribution in [3.05, 3.63) is 29.3 Å². The lowest BCUT2D eigenvalue weighted by molar-refractivity contribution is 0.413. The van der Waals surface area contributed by atoms with E-state index in [0.29, 0.717) is 5.92 Å². The zero-order valence-corrected chi connectivity index (χ0v) is 9.78. The molecule has 2 unspecified atom stereocenters. The molecule has 2 atom stereocenters. The number of nitrogens with two attached hydrogens (primary N) is 1. The molecule has 1 aromatic rings. The van der Waals surface area contributed by atoms with E-state index in [0.717, 1.165) is 24.1 Å². The Morgan fingerprint density at radius 2 is 2.12 bits per heavy atom. The van der Waals surface area contributed by atoms with Gasteiger partial charge in [0.2, 0.25) is 0 Å². The third kappa shape index (κ3) is 1.52. The highest BCUT2D eigenvalue weighted by Gasteiger charge is 2.39. The van der Waals surface area contributed by atoms with Crippen molar-refractivity contribution < 1.29 is 4.74 Å². The smallest absolute Gasteiger partial charge is 0.119 e. The maximum atomic E-state index is 5.87. The number of rotatable bonds is 3. The monoisotopic (exact) mass is 217 g/mol. The molecule has 2 nitrogen and oxygen atoms in total. The van der Waals surface area contributed by atoms with Crippen molar-refractivity contribution in [2.24, 2.45) is 11.7 Å². The van der Waals surface area contributed by atoms with Crippen molar-refractivity contribution in [2.45, 2.75) is 31.1 Å². The van der Waals surface area contributed by atoms with Crippen LogP contribution in [0.5, 0.6) is 5.75 Å². The average molecular weight is 217 g/mol. The normalized spacial score (nSPS) is 27.9. The number of ether oxygens (including phenoxy) is 1. The second-order valence-electron chi connectivity index (χ2n) is 5.11. The summed E-state index contributed by atoms with van der Waals surface area (Å²) >= 11 is 0. The molecular formula is C14H19NO. The Balaban J connectivity index is 2.00. The fraction of sp³-hybridized carbons (Fsp3) is 0.571. The third-order valence-electron chi connectivity index (χ3n) is 4.15. The molecule has 16 heavy (non-hydrogen) atoms. The molecule has 0 radical (unpaired) electrons. The largest absolute Gasteiger partial charge is 0.497 e. The third-order valence-corrected chi connectivity index (χ3v) is 4.15. The Morgan fingerprint density at radius 1 is 1.31 bits per heavy atom. The molecule has 86 valence electrons. The number of methoxy groups -OCH3 is 1. The van der Waals surface area contributed by atoms with Crippen LogP contribution in [-0.2, 0) is 0 Å². The Bertz CT molecular complexity index is 398. The first kappa shape index (κ1) is 10.2. The number of fused-ring (bicyclic) bond motifs is 1. The minimum absolute atomic E-state index is 0.575. The van der Waals surface area contributed by atoms with E-state index in [9.17, 15) is 0 Å². The van der Waals surface area contributed by atoms with E-state index in [4.69, 9.17) is 10.5 Å². The Morgan fingerprint density at radius 3 is 2.75 bits per heavy atom. The summed E-state index contributed by atoms with van der Waals surface area (Å²) in [6.45, 7) is 0.780. The van der Waals surface area contributed by atoms with E-state index >= 15 is 0 Å². The minimum Gasteiger partial charge on any atom is -0.497 e. The van der Waals surface area contributed by atoms with Crippen LogP contribution in [0.4, 0.5) is 0 Å². The number of hydrogen-bond donors (Lipinski definition) is 1. The van der Waals surface area contributed by atoms with Crippen molar-refractivity contribution in [1.82, 2.24) is 0 Å². The van der Waals surface area contributed by atoms with Crippen LogP contribution in [0.3, 0.4) is 0 Å². The first-order valence-electron chi connectivity index (χ1n) is 6.21. The molecule has 0 bridgehead atoms. The van der Waals surface area contributed by atoms with Gasteiger partial charge in [-0.2, -0.15) is 0 Å². The molecular weight excluding hydrogens is 198 g/mol. The number of benzene rings is 1. The number of hydrogen-bond acceptors (Lipinski definition) is 2. The predicted molar refractivity (Wildman–Crippen MR) is 64.9 cm³/mol. The second kappa shape index (κ2) is 3.77. The van der Waals surface area contributed by atoms with Crippen LogP contribution in [0.25, 0.3) is 0 Å². The average Bonchev–Trinajstić information content (AvgIpc) is 3.10. The van der Waals surface area contributed by atoms with Crippen molar-refractivity contribution in [2.75, 3.05) is 13.7 Å². The zero-order chi connectivity index (χ0) is 11.1. The molecule has 2 heteroatoms. The van der Waals surface area contributed by atoms with Crippen LogP contribution in [0.2, 0.25) is 0 Å². The van der Waals surface area contributed by atoms with Gasteiger partial charge in [-0.1, -0.05) is 6.07 Å². The maximum absolute atomic E-state index is 5.87. The Hall–Kier alpha value is -1.02. The summed E-state index contributed by atoms with van der Waals surface area (Å²) in [5.74, 6) is 3.23. The van der Waals surface area contributed by atoms with Crippen molar-refractivity contribution in [3.63, 3.8) is 0 Å². The lowest BCUT2D eigenvalue weighted by Gasteiger charge is -2.10. The molecule has 1 aromatic carbocycles. The van der Waals surface area contributed by atoms with E-state index in [1.807, 2.05) is 0 Å². The summed E-state index contributed by atoms with van der Waals surface area (Å²) in [4.78, 5) is 0. The van der Waals surface area contributed by atoms with Gasteiger partial charge in [0.15, 0.2) is 0 Å². The minimum atomic E-state index is 0.575. The standard InChI is InChI=1S/C14H19NO/c1-16-11-4-5-12-10(8-15)6-13(9-2-3-9)14(12)7-11/h4-5,7,9-10,13H,2-3,6,8,15H2,1H3. The van der Waals surface area contributed by atoms with Gasteiger partial charge in [0.1, 0.15) is 5.75 Å². The van der Waals surface area contributed by atoms with Gasteiger partial charge in [-0.3, -0.25) is 0 Å². The van der Waals surface area contributed by atoms with Crippen LogP contribution in [0.1, 0.15) is 42.2 Å². The highest BCUT2D eigenvalue weighted by atomic mass is 16.5. The molecule has 0 aliphatic heterocycles. The molecule has 1 saturated carbocycles. The van der Waals surface area contributed by atoms with E-state index in [1.165, 1.54) is 30.4 Å². The lowest BCUT2D eigenvalue weighted by Crippen LogP contribution is -2.09. The molecule has 0 amide bonds. The van der Waals surface area contributed by atoms with Crippen molar-refractivity contribution in [3.8, 4) is 5.75 Å². The van der Waals surface area contributed by atoms with Crippen LogP contribution < -0.4 is 10.5 Å². The van der Waals surface area contributed by atoms with E-state index in [-0.39, 0.29) is 0 Å². The molecule has 0 spiro atoms. The van der Waals surface area contributed by atoms with Gasteiger partial charge >= 0.3 is 0 Å². The molecule has 0 saturated heterocycles. The summed E-state index contributed by atoms with van der Waals surface area (Å²) in [5.41, 5.74) is 8.85. The first-order chi connectivity index (χ1) is 7.83. The fourth-order valence-electron chi connectivity index (χ4n) is 3.10. The maximum Gasteiger partial charge on any atom is 0.119 e. The second-order valence-corrected chi connectivity index (χ2v) is 5.11.